The molecule has 0 radical (unpaired) electrons. The maximum Gasteiger partial charge on any atom is 0.269 e. The Morgan fingerprint density at radius 1 is 1.08 bits per heavy atom. The summed E-state index contributed by atoms with van der Waals surface area (Å²) in [4.78, 5) is 22.0. The number of benzene rings is 2. The van der Waals surface area contributed by atoms with E-state index in [1.807, 2.05) is 35.6 Å². The summed E-state index contributed by atoms with van der Waals surface area (Å²) in [5, 5.41) is 6.27. The molecule has 2 aromatic heterocycles. The topological polar surface area (TPSA) is 89.8 Å². The Labute approximate surface area is 212 Å². The summed E-state index contributed by atoms with van der Waals surface area (Å²) >= 11 is 0. The second kappa shape index (κ2) is 10.0. The number of carbonyl (C=O) groups is 1. The highest BCUT2D eigenvalue weighted by Gasteiger charge is 2.27. The lowest BCUT2D eigenvalue weighted by Crippen LogP contribution is -2.33. The third-order valence-electron chi connectivity index (χ3n) is 6.70. The molecule has 1 saturated carbocycles. The van der Waals surface area contributed by atoms with Crippen LogP contribution < -0.4 is 20.1 Å². The Balaban J connectivity index is 1.38. The van der Waals surface area contributed by atoms with Gasteiger partial charge in [-0.2, -0.15) is 8.78 Å². The molecule has 2 N–H and O–H groups in total. The zero-order valence-electron chi connectivity index (χ0n) is 20.8. The first kappa shape index (κ1) is 24.5. The highest BCUT2D eigenvalue weighted by Crippen LogP contribution is 2.35. The van der Waals surface area contributed by atoms with Gasteiger partial charge in [0.05, 0.1) is 37.8 Å². The number of carbonyl (C=O) groups excluding carboxylic acids is 1. The molecule has 2 heterocycles. The molecule has 0 spiro atoms. The lowest BCUT2D eigenvalue weighted by molar-refractivity contribution is 0.0943. The number of nitrogens with one attached hydrogen (secondary N) is 2. The van der Waals surface area contributed by atoms with E-state index in [0.717, 1.165) is 22.2 Å². The number of fused-ring (bicyclic) bond motifs is 3. The summed E-state index contributed by atoms with van der Waals surface area (Å²) in [6.07, 6.45) is 2.46. The minimum atomic E-state index is -1.60. The van der Waals surface area contributed by atoms with Gasteiger partial charge in [0.25, 0.3) is 12.0 Å². The molecule has 192 valence electrons. The Bertz CT molecular complexity index is 1500. The molecule has 10 heteroatoms. The van der Waals surface area contributed by atoms with Crippen LogP contribution in [0.5, 0.6) is 11.5 Å². The molecule has 2 aromatic carbocycles. The van der Waals surface area contributed by atoms with Crippen molar-refractivity contribution in [2.24, 2.45) is 5.92 Å². The molecule has 0 bridgehead atoms. The Hall–Kier alpha value is -4.21. The quantitative estimate of drug-likeness (QED) is 0.345. The third-order valence-corrected chi connectivity index (χ3v) is 6.70. The molecule has 0 aliphatic heterocycles. The van der Waals surface area contributed by atoms with Crippen LogP contribution in [0.2, 0.25) is 0 Å². The van der Waals surface area contributed by atoms with Gasteiger partial charge < -0.3 is 20.1 Å². The van der Waals surface area contributed by atoms with Crippen molar-refractivity contribution in [3.8, 4) is 11.5 Å². The number of hydrogen-bond acceptors (Lipinski definition) is 6. The minimum Gasteiger partial charge on any atom is -0.497 e. The predicted octanol–water partition coefficient (Wildman–Crippen LogP) is 5.11. The highest BCUT2D eigenvalue weighted by atomic mass is 19.3. The SMILES string of the molecule is COc1cc(CNc2nc3cc(C)c(C(=O)NCC4CC(=C(F)F)C4)cc3n3cncc23)cc(OC)c1. The number of aromatic nitrogens is 3. The molecule has 37 heavy (non-hydrogen) atoms. The van der Waals surface area contributed by atoms with E-state index in [9.17, 15) is 13.6 Å². The standard InChI is InChI=1S/C27H27F2N5O3/c1-15-4-22-23(10-21(15)27(35)32-12-16-5-18(6-16)25(28)29)34-14-30-13-24(34)26(33-22)31-11-17-7-19(36-2)9-20(8-17)37-3/h4,7-10,13-14,16H,5-6,11-12H2,1-3H3,(H,31,33)(H,32,35). The number of methoxy groups -OCH3 is 2. The predicted molar refractivity (Wildman–Crippen MR) is 136 cm³/mol. The number of halogens is 2. The van der Waals surface area contributed by atoms with Gasteiger partial charge in [0, 0.05) is 24.7 Å². The first-order valence-corrected chi connectivity index (χ1v) is 11.9. The summed E-state index contributed by atoms with van der Waals surface area (Å²) in [7, 11) is 3.22. The van der Waals surface area contributed by atoms with Crippen molar-refractivity contribution in [2.45, 2.75) is 26.3 Å². The van der Waals surface area contributed by atoms with Crippen molar-refractivity contribution >= 4 is 28.3 Å². The number of hydrogen-bond donors (Lipinski definition) is 2. The molecule has 1 fully saturated rings. The number of nitrogens with zero attached hydrogens (tertiary/aromatic N) is 3. The molecule has 0 atom stereocenters. The maximum atomic E-state index is 12.9. The fourth-order valence-electron chi connectivity index (χ4n) is 4.60. The molecule has 4 aromatic rings. The van der Waals surface area contributed by atoms with E-state index in [0.29, 0.717) is 54.3 Å². The number of aryl methyl sites for hydroxylation is 1. The molecule has 0 saturated heterocycles. The van der Waals surface area contributed by atoms with Crippen molar-refractivity contribution in [1.82, 2.24) is 19.7 Å². The summed E-state index contributed by atoms with van der Waals surface area (Å²) in [5.41, 5.74) is 4.64. The van der Waals surface area contributed by atoms with Gasteiger partial charge in [-0.15, -0.1) is 0 Å². The number of anilines is 1. The minimum absolute atomic E-state index is 0.0430. The fraction of sp³-hybridized carbons (Fsp3) is 0.296. The monoisotopic (exact) mass is 507 g/mol. The maximum absolute atomic E-state index is 12.9. The molecule has 1 aliphatic rings. The van der Waals surface area contributed by atoms with Crippen molar-refractivity contribution in [3.05, 3.63) is 71.2 Å². The normalized spacial score (nSPS) is 14.9. The van der Waals surface area contributed by atoms with Crippen LogP contribution >= 0.6 is 0 Å². The van der Waals surface area contributed by atoms with Crippen LogP contribution in [0, 0.1) is 12.8 Å². The summed E-state index contributed by atoms with van der Waals surface area (Å²) in [5.74, 6) is 1.85. The largest absolute Gasteiger partial charge is 0.497 e. The molecule has 1 aliphatic carbocycles. The lowest BCUT2D eigenvalue weighted by atomic mass is 9.80. The first-order chi connectivity index (χ1) is 17.9. The van der Waals surface area contributed by atoms with E-state index in [1.165, 1.54) is 0 Å². The van der Waals surface area contributed by atoms with Crippen molar-refractivity contribution in [3.63, 3.8) is 0 Å². The number of allylic oxidation sites excluding steroid dienone is 1. The molecule has 1 amide bonds. The fourth-order valence-corrected chi connectivity index (χ4v) is 4.60. The van der Waals surface area contributed by atoms with Crippen LogP contribution in [0.1, 0.15) is 34.3 Å². The van der Waals surface area contributed by atoms with Gasteiger partial charge in [-0.3, -0.25) is 9.20 Å². The van der Waals surface area contributed by atoms with Crippen molar-refractivity contribution < 1.29 is 23.0 Å². The van der Waals surface area contributed by atoms with Gasteiger partial charge in [-0.05, 0) is 66.6 Å². The van der Waals surface area contributed by atoms with Gasteiger partial charge in [0.2, 0.25) is 0 Å². The smallest absolute Gasteiger partial charge is 0.269 e. The lowest BCUT2D eigenvalue weighted by Gasteiger charge is -2.28. The van der Waals surface area contributed by atoms with E-state index in [2.05, 4.69) is 15.6 Å². The van der Waals surface area contributed by atoms with Gasteiger partial charge in [0.1, 0.15) is 17.0 Å². The van der Waals surface area contributed by atoms with Crippen LogP contribution in [0.15, 0.2) is 54.5 Å². The average Bonchev–Trinajstić information content (AvgIpc) is 3.35. The summed E-state index contributed by atoms with van der Waals surface area (Å²) in [6.45, 7) is 2.70. The second-order valence-electron chi connectivity index (χ2n) is 9.19. The van der Waals surface area contributed by atoms with Gasteiger partial charge in [0.15, 0.2) is 5.82 Å². The van der Waals surface area contributed by atoms with E-state index < -0.39 is 6.08 Å². The van der Waals surface area contributed by atoms with Crippen molar-refractivity contribution in [2.75, 3.05) is 26.1 Å². The average molecular weight is 508 g/mol. The Morgan fingerprint density at radius 2 is 1.81 bits per heavy atom. The molecule has 5 rings (SSSR count). The van der Waals surface area contributed by atoms with E-state index >= 15 is 0 Å². The van der Waals surface area contributed by atoms with Crippen LogP contribution in [-0.2, 0) is 6.54 Å². The van der Waals surface area contributed by atoms with Crippen molar-refractivity contribution in [1.29, 1.82) is 0 Å². The van der Waals surface area contributed by atoms with E-state index in [-0.39, 0.29) is 17.4 Å². The van der Waals surface area contributed by atoms with Crippen LogP contribution in [-0.4, -0.2) is 41.0 Å². The van der Waals surface area contributed by atoms with Gasteiger partial charge in [-0.1, -0.05) is 0 Å². The zero-order chi connectivity index (χ0) is 26.1. The molecular formula is C27H27F2N5O3. The number of imidazole rings is 1. The number of rotatable bonds is 8. The molecule has 8 nitrogen and oxygen atoms in total. The number of ether oxygens (including phenoxy) is 2. The van der Waals surface area contributed by atoms with Gasteiger partial charge in [-0.25, -0.2) is 9.97 Å². The third kappa shape index (κ3) is 4.91. The van der Waals surface area contributed by atoms with E-state index in [4.69, 9.17) is 14.5 Å². The van der Waals surface area contributed by atoms with Crippen LogP contribution in [0.25, 0.3) is 16.6 Å². The van der Waals surface area contributed by atoms with Gasteiger partial charge >= 0.3 is 0 Å². The molecule has 0 unspecified atom stereocenters. The molecular weight excluding hydrogens is 480 g/mol. The second-order valence-corrected chi connectivity index (χ2v) is 9.19. The Kier molecular flexibility index (Phi) is 6.64. The van der Waals surface area contributed by atoms with Crippen LogP contribution in [0.3, 0.4) is 0 Å². The summed E-state index contributed by atoms with van der Waals surface area (Å²) < 4.78 is 37.8. The number of amides is 1. The first-order valence-electron chi connectivity index (χ1n) is 11.9. The highest BCUT2D eigenvalue weighted by molar-refractivity contribution is 5.99. The Morgan fingerprint density at radius 3 is 2.49 bits per heavy atom. The van der Waals surface area contributed by atoms with E-state index in [1.54, 1.807) is 32.8 Å². The van der Waals surface area contributed by atoms with Crippen LogP contribution in [0.4, 0.5) is 14.6 Å². The zero-order valence-corrected chi connectivity index (χ0v) is 20.8. The summed E-state index contributed by atoms with van der Waals surface area (Å²) in [6, 6.07) is 9.33.